The summed E-state index contributed by atoms with van der Waals surface area (Å²) in [5.74, 6) is -1.62. The van der Waals surface area contributed by atoms with Crippen molar-refractivity contribution in [3.05, 3.63) is 41.4 Å². The Labute approximate surface area is 96.6 Å². The number of rotatable bonds is 2. The van der Waals surface area contributed by atoms with Gasteiger partial charge in [0.25, 0.3) is 0 Å². The SMILES string of the molecule is CCOC(=O)/C=C1\Oc2ccc(F)cc2C1=O. The van der Waals surface area contributed by atoms with E-state index < -0.39 is 17.6 Å². The minimum Gasteiger partial charge on any atom is -0.463 e. The summed E-state index contributed by atoms with van der Waals surface area (Å²) >= 11 is 0. The number of benzene rings is 1. The van der Waals surface area contributed by atoms with Gasteiger partial charge in [0.1, 0.15) is 11.6 Å². The zero-order chi connectivity index (χ0) is 12.4. The molecule has 0 spiro atoms. The first kappa shape index (κ1) is 11.3. The van der Waals surface area contributed by atoms with Gasteiger partial charge in [-0.15, -0.1) is 0 Å². The van der Waals surface area contributed by atoms with Crippen molar-refractivity contribution < 1.29 is 23.5 Å². The smallest absolute Gasteiger partial charge is 0.334 e. The van der Waals surface area contributed by atoms with E-state index in [1.807, 2.05) is 0 Å². The Morgan fingerprint density at radius 1 is 1.53 bits per heavy atom. The quantitative estimate of drug-likeness (QED) is 0.580. The third-order valence-electron chi connectivity index (χ3n) is 2.17. The zero-order valence-corrected chi connectivity index (χ0v) is 9.03. The normalized spacial score (nSPS) is 15.6. The molecule has 88 valence electrons. The van der Waals surface area contributed by atoms with Crippen LogP contribution in [0.5, 0.6) is 5.75 Å². The number of fused-ring (bicyclic) bond motifs is 1. The fourth-order valence-electron chi connectivity index (χ4n) is 1.45. The number of carbonyl (C=O) groups excluding carboxylic acids is 2. The molecule has 0 N–H and O–H groups in total. The summed E-state index contributed by atoms with van der Waals surface area (Å²) in [6.07, 6.45) is 0.962. The maximum Gasteiger partial charge on any atom is 0.334 e. The van der Waals surface area contributed by atoms with Gasteiger partial charge in [0, 0.05) is 0 Å². The summed E-state index contributed by atoms with van der Waals surface area (Å²) in [4.78, 5) is 22.9. The van der Waals surface area contributed by atoms with Crippen molar-refractivity contribution >= 4 is 11.8 Å². The van der Waals surface area contributed by atoms with E-state index in [1.54, 1.807) is 6.92 Å². The highest BCUT2D eigenvalue weighted by molar-refractivity contribution is 6.14. The van der Waals surface area contributed by atoms with E-state index in [-0.39, 0.29) is 23.7 Å². The highest BCUT2D eigenvalue weighted by atomic mass is 19.1. The van der Waals surface area contributed by atoms with Crippen LogP contribution in [0.3, 0.4) is 0 Å². The molecule has 17 heavy (non-hydrogen) atoms. The van der Waals surface area contributed by atoms with Crippen LogP contribution in [0.25, 0.3) is 0 Å². The van der Waals surface area contributed by atoms with Crippen LogP contribution in [0, 0.1) is 5.82 Å². The number of Topliss-reactive ketones (excluding diaryl/α,β-unsaturated/α-hetero) is 1. The molecule has 1 aliphatic rings. The third kappa shape index (κ3) is 2.18. The molecule has 0 saturated carbocycles. The fraction of sp³-hybridized carbons (Fsp3) is 0.167. The highest BCUT2D eigenvalue weighted by Gasteiger charge is 2.28. The first-order chi connectivity index (χ1) is 8.11. The van der Waals surface area contributed by atoms with Gasteiger partial charge >= 0.3 is 5.97 Å². The largest absolute Gasteiger partial charge is 0.463 e. The van der Waals surface area contributed by atoms with E-state index in [9.17, 15) is 14.0 Å². The van der Waals surface area contributed by atoms with Gasteiger partial charge in [0.15, 0.2) is 5.76 Å². The number of halogens is 1. The van der Waals surface area contributed by atoms with E-state index >= 15 is 0 Å². The van der Waals surface area contributed by atoms with Crippen LogP contribution in [0.4, 0.5) is 4.39 Å². The Morgan fingerprint density at radius 3 is 3.00 bits per heavy atom. The van der Waals surface area contributed by atoms with Gasteiger partial charge in [-0.2, -0.15) is 0 Å². The summed E-state index contributed by atoms with van der Waals surface area (Å²) in [7, 11) is 0. The number of ether oxygens (including phenoxy) is 2. The van der Waals surface area contributed by atoms with E-state index in [0.717, 1.165) is 12.1 Å². The number of allylic oxidation sites excluding steroid dienone is 1. The molecule has 5 heteroatoms. The molecular formula is C12H9FO4. The van der Waals surface area contributed by atoms with E-state index in [1.165, 1.54) is 12.1 Å². The Hall–Kier alpha value is -2.17. The molecule has 0 aromatic heterocycles. The molecule has 2 rings (SSSR count). The number of hydrogen-bond donors (Lipinski definition) is 0. The second kappa shape index (κ2) is 4.37. The predicted molar refractivity (Wildman–Crippen MR) is 56.1 cm³/mol. The molecule has 0 saturated heterocycles. The molecule has 1 aliphatic heterocycles. The van der Waals surface area contributed by atoms with Crippen LogP contribution < -0.4 is 4.74 Å². The van der Waals surface area contributed by atoms with Crippen LogP contribution in [0.1, 0.15) is 17.3 Å². The van der Waals surface area contributed by atoms with Crippen molar-refractivity contribution in [1.29, 1.82) is 0 Å². The fourth-order valence-corrected chi connectivity index (χ4v) is 1.45. The molecule has 0 radical (unpaired) electrons. The predicted octanol–water partition coefficient (Wildman–Crippen LogP) is 1.85. The number of ketones is 1. The van der Waals surface area contributed by atoms with E-state index in [2.05, 4.69) is 4.74 Å². The van der Waals surface area contributed by atoms with Crippen LogP contribution in [-0.4, -0.2) is 18.4 Å². The van der Waals surface area contributed by atoms with Crippen molar-refractivity contribution in [2.24, 2.45) is 0 Å². The minimum absolute atomic E-state index is 0.112. The third-order valence-corrected chi connectivity index (χ3v) is 2.17. The van der Waals surface area contributed by atoms with Crippen LogP contribution in [0.2, 0.25) is 0 Å². The molecule has 0 unspecified atom stereocenters. The molecule has 1 aromatic carbocycles. The Bertz CT molecular complexity index is 519. The topological polar surface area (TPSA) is 52.6 Å². The molecule has 0 atom stereocenters. The van der Waals surface area contributed by atoms with Gasteiger partial charge in [0.2, 0.25) is 5.78 Å². The second-order valence-electron chi connectivity index (χ2n) is 3.33. The molecule has 1 aromatic rings. The van der Waals surface area contributed by atoms with Gasteiger partial charge < -0.3 is 9.47 Å². The van der Waals surface area contributed by atoms with Crippen molar-refractivity contribution in [2.75, 3.05) is 6.61 Å². The molecule has 0 aliphatic carbocycles. The monoisotopic (exact) mass is 236 g/mol. The summed E-state index contributed by atoms with van der Waals surface area (Å²) < 4.78 is 22.7. The maximum absolute atomic E-state index is 12.9. The maximum atomic E-state index is 12.9. The van der Waals surface area contributed by atoms with Crippen molar-refractivity contribution in [2.45, 2.75) is 6.92 Å². The number of carbonyl (C=O) groups is 2. The van der Waals surface area contributed by atoms with Crippen LogP contribution in [-0.2, 0) is 9.53 Å². The average molecular weight is 236 g/mol. The lowest BCUT2D eigenvalue weighted by Gasteiger charge is -1.98. The van der Waals surface area contributed by atoms with E-state index in [0.29, 0.717) is 0 Å². The summed E-state index contributed by atoms with van der Waals surface area (Å²) in [6.45, 7) is 1.86. The first-order valence-corrected chi connectivity index (χ1v) is 5.02. The molecular weight excluding hydrogens is 227 g/mol. The van der Waals surface area contributed by atoms with Gasteiger partial charge in [-0.05, 0) is 25.1 Å². The molecule has 1 heterocycles. The lowest BCUT2D eigenvalue weighted by molar-refractivity contribution is -0.137. The Morgan fingerprint density at radius 2 is 2.29 bits per heavy atom. The van der Waals surface area contributed by atoms with Crippen LogP contribution in [0.15, 0.2) is 30.0 Å². The molecule has 0 bridgehead atoms. The summed E-state index contributed by atoms with van der Waals surface area (Å²) in [5, 5.41) is 0. The lowest BCUT2D eigenvalue weighted by Crippen LogP contribution is -2.06. The second-order valence-corrected chi connectivity index (χ2v) is 3.33. The van der Waals surface area contributed by atoms with Gasteiger partial charge in [-0.25, -0.2) is 9.18 Å². The standard InChI is InChI=1S/C12H9FO4/c1-2-16-11(14)6-10-12(15)8-5-7(13)3-4-9(8)17-10/h3-6H,2H2,1H3/b10-6-. The van der Waals surface area contributed by atoms with Gasteiger partial charge in [0.05, 0.1) is 18.2 Å². The van der Waals surface area contributed by atoms with Crippen molar-refractivity contribution in [1.82, 2.24) is 0 Å². The molecule has 0 fully saturated rings. The summed E-state index contributed by atoms with van der Waals surface area (Å²) in [5.41, 5.74) is 0.112. The van der Waals surface area contributed by atoms with E-state index in [4.69, 9.17) is 4.74 Å². The minimum atomic E-state index is -0.663. The lowest BCUT2D eigenvalue weighted by atomic mass is 10.1. The number of esters is 1. The van der Waals surface area contributed by atoms with Crippen molar-refractivity contribution in [3.8, 4) is 5.75 Å². The highest BCUT2D eigenvalue weighted by Crippen LogP contribution is 2.31. The Kier molecular flexibility index (Phi) is 2.91. The summed E-state index contributed by atoms with van der Waals surface area (Å²) in [6, 6.07) is 3.59. The zero-order valence-electron chi connectivity index (χ0n) is 9.03. The average Bonchev–Trinajstić information content (AvgIpc) is 2.57. The van der Waals surface area contributed by atoms with Gasteiger partial charge in [-0.3, -0.25) is 4.79 Å². The van der Waals surface area contributed by atoms with Gasteiger partial charge in [-0.1, -0.05) is 0 Å². The molecule has 4 nitrogen and oxygen atoms in total. The Balaban J connectivity index is 2.28. The first-order valence-electron chi connectivity index (χ1n) is 5.02. The van der Waals surface area contributed by atoms with Crippen molar-refractivity contribution in [3.63, 3.8) is 0 Å². The molecule has 0 amide bonds. The number of hydrogen-bond acceptors (Lipinski definition) is 4. The van der Waals surface area contributed by atoms with Crippen LogP contribution >= 0.6 is 0 Å².